The highest BCUT2D eigenvalue weighted by molar-refractivity contribution is 5.72. The second-order valence-electron chi connectivity index (χ2n) is 6.11. The first kappa shape index (κ1) is 15.7. The molecule has 2 aromatic rings. The van der Waals surface area contributed by atoms with Crippen molar-refractivity contribution in [1.82, 2.24) is 14.5 Å². The molecule has 0 amide bonds. The molecular formula is C18H23N3O2. The molecule has 3 heterocycles. The first-order valence-electron chi connectivity index (χ1n) is 8.11. The van der Waals surface area contributed by atoms with E-state index in [2.05, 4.69) is 47.4 Å². The Morgan fingerprint density at radius 3 is 2.57 bits per heavy atom. The van der Waals surface area contributed by atoms with Crippen molar-refractivity contribution in [2.24, 2.45) is 0 Å². The van der Waals surface area contributed by atoms with Crippen molar-refractivity contribution < 1.29 is 9.53 Å². The molecule has 0 saturated carbocycles. The SMILES string of the molecule is CCCN1CC(=O)OC(c2ccc(-n3c(C)ccc3C)nc2)C1. The molecule has 1 fully saturated rings. The van der Waals surface area contributed by atoms with Crippen LogP contribution in [0.15, 0.2) is 30.5 Å². The summed E-state index contributed by atoms with van der Waals surface area (Å²) in [5.41, 5.74) is 3.26. The zero-order valence-corrected chi connectivity index (χ0v) is 14.0. The number of hydrogen-bond donors (Lipinski definition) is 0. The van der Waals surface area contributed by atoms with Gasteiger partial charge in [-0.05, 0) is 45.0 Å². The molecule has 0 N–H and O–H groups in total. The van der Waals surface area contributed by atoms with Crippen LogP contribution in [0.2, 0.25) is 0 Å². The van der Waals surface area contributed by atoms with E-state index in [-0.39, 0.29) is 12.1 Å². The average molecular weight is 313 g/mol. The molecule has 122 valence electrons. The van der Waals surface area contributed by atoms with Crippen molar-refractivity contribution in [3.8, 4) is 5.82 Å². The molecular weight excluding hydrogens is 290 g/mol. The fraction of sp³-hybridized carbons (Fsp3) is 0.444. The Labute approximate surface area is 136 Å². The van der Waals surface area contributed by atoms with Gasteiger partial charge in [0.1, 0.15) is 11.9 Å². The van der Waals surface area contributed by atoms with Crippen LogP contribution in [0.3, 0.4) is 0 Å². The van der Waals surface area contributed by atoms with Crippen molar-refractivity contribution in [1.29, 1.82) is 0 Å². The number of esters is 1. The van der Waals surface area contributed by atoms with Crippen LogP contribution in [0.1, 0.15) is 36.4 Å². The zero-order chi connectivity index (χ0) is 16.4. The normalized spacial score (nSPS) is 18.9. The summed E-state index contributed by atoms with van der Waals surface area (Å²) in [5.74, 6) is 0.733. The minimum atomic E-state index is -0.226. The average Bonchev–Trinajstić information content (AvgIpc) is 2.86. The number of carbonyl (C=O) groups excluding carboxylic acids is 1. The lowest BCUT2D eigenvalue weighted by Gasteiger charge is -2.31. The highest BCUT2D eigenvalue weighted by Gasteiger charge is 2.27. The molecule has 0 bridgehead atoms. The Bertz CT molecular complexity index is 671. The van der Waals surface area contributed by atoms with Gasteiger partial charge >= 0.3 is 5.97 Å². The monoisotopic (exact) mass is 313 g/mol. The highest BCUT2D eigenvalue weighted by Crippen LogP contribution is 2.23. The molecule has 1 saturated heterocycles. The molecule has 0 aliphatic carbocycles. The third-order valence-electron chi connectivity index (χ3n) is 4.23. The van der Waals surface area contributed by atoms with Gasteiger partial charge in [0, 0.05) is 29.7 Å². The molecule has 1 aliphatic heterocycles. The zero-order valence-electron chi connectivity index (χ0n) is 14.0. The van der Waals surface area contributed by atoms with Crippen molar-refractivity contribution in [2.75, 3.05) is 19.6 Å². The molecule has 23 heavy (non-hydrogen) atoms. The van der Waals surface area contributed by atoms with Gasteiger partial charge in [-0.15, -0.1) is 0 Å². The number of ether oxygens (including phenoxy) is 1. The number of aryl methyl sites for hydroxylation is 2. The van der Waals surface area contributed by atoms with Crippen LogP contribution in [0.4, 0.5) is 0 Å². The van der Waals surface area contributed by atoms with Crippen LogP contribution in [-0.2, 0) is 9.53 Å². The number of nitrogens with zero attached hydrogens (tertiary/aromatic N) is 3. The van der Waals surface area contributed by atoms with E-state index in [9.17, 15) is 4.79 Å². The summed E-state index contributed by atoms with van der Waals surface area (Å²) in [6, 6.07) is 8.16. The van der Waals surface area contributed by atoms with Crippen molar-refractivity contribution in [3.05, 3.63) is 47.4 Å². The van der Waals surface area contributed by atoms with Gasteiger partial charge in [0.2, 0.25) is 0 Å². The van der Waals surface area contributed by atoms with Crippen LogP contribution >= 0.6 is 0 Å². The number of aromatic nitrogens is 2. The molecule has 2 aromatic heterocycles. The summed E-state index contributed by atoms with van der Waals surface area (Å²) in [5, 5.41) is 0. The summed E-state index contributed by atoms with van der Waals surface area (Å²) in [6.45, 7) is 8.29. The van der Waals surface area contributed by atoms with Gasteiger partial charge in [0.15, 0.2) is 0 Å². The Hall–Kier alpha value is -2.14. The maximum atomic E-state index is 11.8. The molecule has 1 atom stereocenters. The van der Waals surface area contributed by atoms with Crippen LogP contribution in [0, 0.1) is 13.8 Å². The maximum Gasteiger partial charge on any atom is 0.320 e. The van der Waals surface area contributed by atoms with E-state index < -0.39 is 0 Å². The largest absolute Gasteiger partial charge is 0.455 e. The molecule has 0 aromatic carbocycles. The predicted octanol–water partition coefficient (Wildman–Crippen LogP) is 2.80. The van der Waals surface area contributed by atoms with Gasteiger partial charge in [0.25, 0.3) is 0 Å². The van der Waals surface area contributed by atoms with Crippen LogP contribution < -0.4 is 0 Å². The topological polar surface area (TPSA) is 47.4 Å². The van der Waals surface area contributed by atoms with Gasteiger partial charge in [-0.2, -0.15) is 0 Å². The molecule has 0 radical (unpaired) electrons. The third kappa shape index (κ3) is 3.29. The lowest BCUT2D eigenvalue weighted by molar-refractivity contribution is -0.159. The number of morpholine rings is 1. The van der Waals surface area contributed by atoms with E-state index in [0.717, 1.165) is 42.3 Å². The Morgan fingerprint density at radius 2 is 1.96 bits per heavy atom. The van der Waals surface area contributed by atoms with Crippen LogP contribution in [0.25, 0.3) is 5.82 Å². The van der Waals surface area contributed by atoms with E-state index in [1.165, 1.54) is 0 Å². The first-order valence-corrected chi connectivity index (χ1v) is 8.11. The smallest absolute Gasteiger partial charge is 0.320 e. The van der Waals surface area contributed by atoms with E-state index in [0.29, 0.717) is 6.54 Å². The van der Waals surface area contributed by atoms with Crippen molar-refractivity contribution in [2.45, 2.75) is 33.3 Å². The Morgan fingerprint density at radius 1 is 1.22 bits per heavy atom. The lowest BCUT2D eigenvalue weighted by Crippen LogP contribution is -2.41. The highest BCUT2D eigenvalue weighted by atomic mass is 16.5. The fourth-order valence-corrected chi connectivity index (χ4v) is 3.12. The molecule has 3 rings (SSSR count). The van der Waals surface area contributed by atoms with E-state index >= 15 is 0 Å². The predicted molar refractivity (Wildman–Crippen MR) is 88.6 cm³/mol. The lowest BCUT2D eigenvalue weighted by atomic mass is 10.1. The first-order chi connectivity index (χ1) is 11.1. The molecule has 5 heteroatoms. The van der Waals surface area contributed by atoms with Crippen molar-refractivity contribution >= 4 is 5.97 Å². The van der Waals surface area contributed by atoms with E-state index in [1.54, 1.807) is 0 Å². The number of carbonyl (C=O) groups is 1. The summed E-state index contributed by atoms with van der Waals surface area (Å²) in [7, 11) is 0. The summed E-state index contributed by atoms with van der Waals surface area (Å²) < 4.78 is 7.61. The summed E-state index contributed by atoms with van der Waals surface area (Å²) >= 11 is 0. The maximum absolute atomic E-state index is 11.8. The fourth-order valence-electron chi connectivity index (χ4n) is 3.12. The number of hydrogen-bond acceptors (Lipinski definition) is 4. The van der Waals surface area contributed by atoms with Gasteiger partial charge in [-0.25, -0.2) is 4.98 Å². The van der Waals surface area contributed by atoms with Crippen molar-refractivity contribution in [3.63, 3.8) is 0 Å². The quantitative estimate of drug-likeness (QED) is 0.814. The minimum Gasteiger partial charge on any atom is -0.455 e. The van der Waals surface area contributed by atoms with Gasteiger partial charge in [0.05, 0.1) is 6.54 Å². The standard InChI is InChI=1S/C18H23N3O2/c1-4-9-20-11-16(23-18(22)12-20)15-7-8-17(19-10-15)21-13(2)5-6-14(21)3/h5-8,10,16H,4,9,11-12H2,1-3H3. The minimum absolute atomic E-state index is 0.157. The molecule has 0 spiro atoms. The van der Waals surface area contributed by atoms with Gasteiger partial charge in [-0.1, -0.05) is 13.0 Å². The molecule has 1 aliphatic rings. The summed E-state index contributed by atoms with van der Waals surface area (Å²) in [4.78, 5) is 18.5. The van der Waals surface area contributed by atoms with E-state index in [1.807, 2.05) is 18.3 Å². The molecule has 1 unspecified atom stereocenters. The Balaban J connectivity index is 1.80. The number of cyclic esters (lactones) is 1. The Kier molecular flexibility index (Phi) is 4.48. The molecule has 5 nitrogen and oxygen atoms in total. The van der Waals surface area contributed by atoms with Crippen LogP contribution in [-0.4, -0.2) is 40.1 Å². The number of rotatable bonds is 4. The number of pyridine rings is 1. The van der Waals surface area contributed by atoms with Crippen LogP contribution in [0.5, 0.6) is 0 Å². The summed E-state index contributed by atoms with van der Waals surface area (Å²) in [6.07, 6.45) is 2.63. The second-order valence-corrected chi connectivity index (χ2v) is 6.11. The second kappa shape index (κ2) is 6.54. The van der Waals surface area contributed by atoms with Gasteiger partial charge < -0.3 is 9.30 Å². The van der Waals surface area contributed by atoms with Gasteiger partial charge in [-0.3, -0.25) is 9.69 Å². The van der Waals surface area contributed by atoms with E-state index in [4.69, 9.17) is 4.74 Å². The third-order valence-corrected chi connectivity index (χ3v) is 4.23.